The fourth-order valence-electron chi connectivity index (χ4n) is 4.03. The Morgan fingerprint density at radius 1 is 1.23 bits per heavy atom. The maximum atomic E-state index is 12.6. The summed E-state index contributed by atoms with van der Waals surface area (Å²) in [6, 6.07) is 8.95. The molecular weight excluding hydrogens is 404 g/mol. The zero-order valence-corrected chi connectivity index (χ0v) is 18.0. The number of morpholine rings is 1. The average molecular weight is 431 g/mol. The van der Waals surface area contributed by atoms with Crippen LogP contribution in [0.3, 0.4) is 0 Å². The SMILES string of the molecule is CC1Cc2cc(C(=O)NCc3ccc(N4CCOCC4)nc3)ccc2N1S(C)(=O)=O. The van der Waals surface area contributed by atoms with Crippen molar-refractivity contribution in [3.05, 3.63) is 53.2 Å². The molecule has 8 nitrogen and oxygen atoms in total. The molecule has 1 fully saturated rings. The third kappa shape index (κ3) is 4.27. The molecule has 0 aliphatic carbocycles. The second-order valence-corrected chi connectivity index (χ2v) is 9.62. The van der Waals surface area contributed by atoms with Gasteiger partial charge in [0.1, 0.15) is 5.82 Å². The molecule has 1 atom stereocenters. The molecule has 1 unspecified atom stereocenters. The van der Waals surface area contributed by atoms with E-state index in [1.165, 1.54) is 10.6 Å². The number of anilines is 2. The van der Waals surface area contributed by atoms with Crippen molar-refractivity contribution in [2.24, 2.45) is 0 Å². The molecular formula is C21H26N4O4S. The first-order valence-electron chi connectivity index (χ1n) is 10.0. The van der Waals surface area contributed by atoms with Gasteiger partial charge in [-0.2, -0.15) is 0 Å². The summed E-state index contributed by atoms with van der Waals surface area (Å²) >= 11 is 0. The summed E-state index contributed by atoms with van der Waals surface area (Å²) in [6.45, 7) is 5.32. The van der Waals surface area contributed by atoms with Gasteiger partial charge in [-0.1, -0.05) is 6.07 Å². The van der Waals surface area contributed by atoms with Crippen LogP contribution < -0.4 is 14.5 Å². The first kappa shape index (κ1) is 20.6. The maximum absolute atomic E-state index is 12.6. The Kier molecular flexibility index (Phi) is 5.66. The fraction of sp³-hybridized carbons (Fsp3) is 0.429. The second-order valence-electron chi connectivity index (χ2n) is 7.76. The second kappa shape index (κ2) is 8.23. The number of benzene rings is 1. The highest BCUT2D eigenvalue weighted by Gasteiger charge is 2.32. The van der Waals surface area contributed by atoms with Gasteiger partial charge in [0.2, 0.25) is 10.0 Å². The molecule has 2 aromatic rings. The number of ether oxygens (including phenoxy) is 1. The van der Waals surface area contributed by atoms with Gasteiger partial charge in [0.25, 0.3) is 5.91 Å². The summed E-state index contributed by atoms with van der Waals surface area (Å²) in [7, 11) is -3.34. The van der Waals surface area contributed by atoms with E-state index < -0.39 is 10.0 Å². The number of rotatable bonds is 5. The molecule has 0 saturated carbocycles. The molecule has 160 valence electrons. The van der Waals surface area contributed by atoms with Crippen LogP contribution >= 0.6 is 0 Å². The molecule has 1 aromatic heterocycles. The maximum Gasteiger partial charge on any atom is 0.251 e. The largest absolute Gasteiger partial charge is 0.378 e. The van der Waals surface area contributed by atoms with E-state index in [0.717, 1.165) is 30.0 Å². The minimum Gasteiger partial charge on any atom is -0.378 e. The molecule has 1 saturated heterocycles. The van der Waals surface area contributed by atoms with Gasteiger partial charge in [-0.25, -0.2) is 13.4 Å². The van der Waals surface area contributed by atoms with Gasteiger partial charge < -0.3 is 15.0 Å². The lowest BCUT2D eigenvalue weighted by Crippen LogP contribution is -2.36. The molecule has 0 spiro atoms. The standard InChI is InChI=1S/C21H26N4O4S/c1-15-11-18-12-17(4-5-19(18)25(15)30(2,27)28)21(26)23-14-16-3-6-20(22-13-16)24-7-9-29-10-8-24/h3-6,12-13,15H,7-11,14H2,1-2H3,(H,23,26). The van der Waals surface area contributed by atoms with E-state index in [2.05, 4.69) is 15.2 Å². The molecule has 2 aliphatic heterocycles. The van der Waals surface area contributed by atoms with Crippen LogP contribution in [0.2, 0.25) is 0 Å². The number of hydrogen-bond acceptors (Lipinski definition) is 6. The summed E-state index contributed by atoms with van der Waals surface area (Å²) in [5, 5.41) is 2.91. The van der Waals surface area contributed by atoms with Crippen LogP contribution in [0.5, 0.6) is 0 Å². The van der Waals surface area contributed by atoms with Gasteiger partial charge in [-0.3, -0.25) is 9.10 Å². The topological polar surface area (TPSA) is 91.8 Å². The van der Waals surface area contributed by atoms with Crippen molar-refractivity contribution in [3.8, 4) is 0 Å². The van der Waals surface area contributed by atoms with Gasteiger partial charge in [0, 0.05) is 37.4 Å². The molecule has 0 bridgehead atoms. The molecule has 30 heavy (non-hydrogen) atoms. The third-order valence-corrected chi connectivity index (χ3v) is 6.72. The first-order valence-corrected chi connectivity index (χ1v) is 11.9. The molecule has 1 amide bonds. The van der Waals surface area contributed by atoms with Gasteiger partial charge in [-0.15, -0.1) is 0 Å². The van der Waals surface area contributed by atoms with Crippen molar-refractivity contribution in [1.29, 1.82) is 0 Å². The smallest absolute Gasteiger partial charge is 0.251 e. The summed E-state index contributed by atoms with van der Waals surface area (Å²) in [4.78, 5) is 19.3. The van der Waals surface area contributed by atoms with Crippen LogP contribution in [0.25, 0.3) is 0 Å². The van der Waals surface area contributed by atoms with E-state index in [1.54, 1.807) is 24.4 Å². The number of pyridine rings is 1. The van der Waals surface area contributed by atoms with Crippen molar-refractivity contribution in [2.75, 3.05) is 41.8 Å². The number of nitrogens with zero attached hydrogens (tertiary/aromatic N) is 3. The van der Waals surface area contributed by atoms with Crippen molar-refractivity contribution in [3.63, 3.8) is 0 Å². The number of carbonyl (C=O) groups excluding carboxylic acids is 1. The predicted molar refractivity (Wildman–Crippen MR) is 115 cm³/mol. The van der Waals surface area contributed by atoms with Crippen molar-refractivity contribution in [1.82, 2.24) is 10.3 Å². The number of sulfonamides is 1. The highest BCUT2D eigenvalue weighted by atomic mass is 32.2. The first-order chi connectivity index (χ1) is 14.3. The Morgan fingerprint density at radius 2 is 2.00 bits per heavy atom. The third-order valence-electron chi connectivity index (χ3n) is 5.45. The van der Waals surface area contributed by atoms with Crippen LogP contribution in [0.4, 0.5) is 11.5 Å². The minimum absolute atomic E-state index is 0.149. The van der Waals surface area contributed by atoms with Crippen molar-refractivity contribution in [2.45, 2.75) is 25.9 Å². The Labute approximate surface area is 176 Å². The number of fused-ring (bicyclic) bond motifs is 1. The number of nitrogens with one attached hydrogen (secondary N) is 1. The molecule has 4 rings (SSSR count). The normalized spacial score (nSPS) is 18.9. The monoisotopic (exact) mass is 430 g/mol. The van der Waals surface area contributed by atoms with Crippen LogP contribution in [0.15, 0.2) is 36.5 Å². The summed E-state index contributed by atoms with van der Waals surface area (Å²) in [5.41, 5.74) is 2.97. The summed E-state index contributed by atoms with van der Waals surface area (Å²) in [6.07, 6.45) is 3.58. The molecule has 3 heterocycles. The highest BCUT2D eigenvalue weighted by Crippen LogP contribution is 2.34. The minimum atomic E-state index is -3.34. The Morgan fingerprint density at radius 3 is 2.67 bits per heavy atom. The van der Waals surface area contributed by atoms with E-state index in [1.807, 2.05) is 19.1 Å². The molecule has 1 aromatic carbocycles. The van der Waals surface area contributed by atoms with Gasteiger partial charge in [0.15, 0.2) is 0 Å². The van der Waals surface area contributed by atoms with Gasteiger partial charge >= 0.3 is 0 Å². The lowest BCUT2D eigenvalue weighted by molar-refractivity contribution is 0.0950. The Hall–Kier alpha value is -2.65. The quantitative estimate of drug-likeness (QED) is 0.774. The van der Waals surface area contributed by atoms with E-state index in [9.17, 15) is 13.2 Å². The lowest BCUT2D eigenvalue weighted by atomic mass is 10.1. The number of hydrogen-bond donors (Lipinski definition) is 1. The van der Waals surface area contributed by atoms with Crippen LogP contribution in [0.1, 0.15) is 28.4 Å². The molecule has 1 N–H and O–H groups in total. The number of amides is 1. The van der Waals surface area contributed by atoms with E-state index in [-0.39, 0.29) is 11.9 Å². The van der Waals surface area contributed by atoms with Gasteiger partial charge in [-0.05, 0) is 48.7 Å². The molecule has 2 aliphatic rings. The number of carbonyl (C=O) groups is 1. The predicted octanol–water partition coefficient (Wildman–Crippen LogP) is 1.56. The highest BCUT2D eigenvalue weighted by molar-refractivity contribution is 7.92. The fourth-order valence-corrected chi connectivity index (χ4v) is 5.30. The Bertz CT molecular complexity index is 1030. The van der Waals surface area contributed by atoms with Crippen molar-refractivity contribution < 1.29 is 17.9 Å². The van der Waals surface area contributed by atoms with Crippen molar-refractivity contribution >= 4 is 27.4 Å². The zero-order chi connectivity index (χ0) is 21.3. The average Bonchev–Trinajstić information content (AvgIpc) is 3.08. The summed E-state index contributed by atoms with van der Waals surface area (Å²) in [5.74, 6) is 0.720. The zero-order valence-electron chi connectivity index (χ0n) is 17.2. The van der Waals surface area contributed by atoms with E-state index in [0.29, 0.717) is 37.4 Å². The van der Waals surface area contributed by atoms with E-state index in [4.69, 9.17) is 4.74 Å². The molecule has 9 heteroatoms. The van der Waals surface area contributed by atoms with Crippen LogP contribution in [-0.2, 0) is 27.7 Å². The van der Waals surface area contributed by atoms with Crippen LogP contribution in [0, 0.1) is 0 Å². The Balaban J connectivity index is 1.40. The van der Waals surface area contributed by atoms with Crippen LogP contribution in [-0.4, -0.2) is 57.9 Å². The van der Waals surface area contributed by atoms with E-state index >= 15 is 0 Å². The number of aromatic nitrogens is 1. The van der Waals surface area contributed by atoms with Gasteiger partial charge in [0.05, 0.1) is 25.2 Å². The lowest BCUT2D eigenvalue weighted by Gasteiger charge is -2.27. The molecule has 0 radical (unpaired) electrons. The summed E-state index contributed by atoms with van der Waals surface area (Å²) < 4.78 is 30.9.